The summed E-state index contributed by atoms with van der Waals surface area (Å²) >= 11 is 0. The van der Waals surface area contributed by atoms with Gasteiger partial charge in [-0.15, -0.1) is 0 Å². The highest BCUT2D eigenvalue weighted by molar-refractivity contribution is 6.49. The molecule has 0 radical (unpaired) electrons. The molecule has 2 aromatic rings. The largest absolute Gasteiger partial charge is 0.395 e. The first-order valence-electron chi connectivity index (χ1n) is 6.60. The first-order chi connectivity index (χ1) is 10.2. The van der Waals surface area contributed by atoms with E-state index in [1.165, 1.54) is 6.08 Å². The molecule has 0 aliphatic heterocycles. The second kappa shape index (κ2) is 5.21. The summed E-state index contributed by atoms with van der Waals surface area (Å²) in [5, 5.41) is 0. The van der Waals surface area contributed by atoms with Crippen LogP contribution in [0, 0.1) is 0 Å². The molecule has 3 heteroatoms. The zero-order chi connectivity index (χ0) is 14.8. The normalized spacial score (nSPS) is 15.1. The third-order valence-corrected chi connectivity index (χ3v) is 3.40. The highest BCUT2D eigenvalue weighted by Gasteiger charge is 2.28. The van der Waals surface area contributed by atoms with Crippen LogP contribution in [0.1, 0.15) is 11.1 Å². The molecule has 3 rings (SSSR count). The second-order valence-electron chi connectivity index (χ2n) is 4.78. The van der Waals surface area contributed by atoms with E-state index in [2.05, 4.69) is 0 Å². The molecule has 1 aliphatic carbocycles. The van der Waals surface area contributed by atoms with Gasteiger partial charge in [0.1, 0.15) is 0 Å². The number of Topliss-reactive ketones (excluding diaryl/α,β-unsaturated/α-hetero) is 1. The molecule has 0 heterocycles. The predicted octanol–water partition coefficient (Wildman–Crippen LogP) is 2.59. The SMILES string of the molecule is NC1=CC(=O)C(c2ccccc2)=C(c2ccccc2)C1=O. The van der Waals surface area contributed by atoms with Gasteiger partial charge in [-0.05, 0) is 11.1 Å². The highest BCUT2D eigenvalue weighted by atomic mass is 16.1. The Hall–Kier alpha value is -2.94. The fourth-order valence-corrected chi connectivity index (χ4v) is 2.43. The van der Waals surface area contributed by atoms with Crippen LogP contribution >= 0.6 is 0 Å². The van der Waals surface area contributed by atoms with E-state index >= 15 is 0 Å². The Labute approximate surface area is 122 Å². The molecule has 2 N–H and O–H groups in total. The quantitative estimate of drug-likeness (QED) is 0.857. The molecule has 3 nitrogen and oxygen atoms in total. The van der Waals surface area contributed by atoms with Gasteiger partial charge in [-0.3, -0.25) is 9.59 Å². The Morgan fingerprint density at radius 3 is 1.67 bits per heavy atom. The number of carbonyl (C=O) groups excluding carboxylic acids is 2. The lowest BCUT2D eigenvalue weighted by Crippen LogP contribution is -2.22. The van der Waals surface area contributed by atoms with Gasteiger partial charge in [0.2, 0.25) is 5.78 Å². The second-order valence-corrected chi connectivity index (χ2v) is 4.78. The number of hydrogen-bond donors (Lipinski definition) is 1. The number of benzene rings is 2. The maximum absolute atomic E-state index is 12.5. The van der Waals surface area contributed by atoms with Crippen LogP contribution in [0.5, 0.6) is 0 Å². The topological polar surface area (TPSA) is 60.2 Å². The van der Waals surface area contributed by atoms with Crippen molar-refractivity contribution in [3.63, 3.8) is 0 Å². The maximum Gasteiger partial charge on any atom is 0.210 e. The molecule has 1 aliphatic rings. The zero-order valence-electron chi connectivity index (χ0n) is 11.2. The Morgan fingerprint density at radius 2 is 1.14 bits per heavy atom. The van der Waals surface area contributed by atoms with E-state index in [-0.39, 0.29) is 17.3 Å². The van der Waals surface area contributed by atoms with Crippen LogP contribution < -0.4 is 5.73 Å². The summed E-state index contributed by atoms with van der Waals surface area (Å²) < 4.78 is 0. The van der Waals surface area contributed by atoms with Gasteiger partial charge in [0, 0.05) is 17.2 Å². The fraction of sp³-hybridized carbons (Fsp3) is 0. The number of nitrogens with two attached hydrogens (primary N) is 1. The minimum atomic E-state index is -0.306. The Kier molecular flexibility index (Phi) is 3.24. The van der Waals surface area contributed by atoms with Crippen LogP contribution in [-0.2, 0) is 9.59 Å². The summed E-state index contributed by atoms with van der Waals surface area (Å²) in [7, 11) is 0. The van der Waals surface area contributed by atoms with Crippen LogP contribution in [0.3, 0.4) is 0 Å². The van der Waals surface area contributed by atoms with Crippen molar-refractivity contribution in [2.24, 2.45) is 5.73 Å². The molecule has 0 saturated heterocycles. The zero-order valence-corrected chi connectivity index (χ0v) is 11.2. The van der Waals surface area contributed by atoms with Crippen molar-refractivity contribution < 1.29 is 9.59 Å². The first-order valence-corrected chi connectivity index (χ1v) is 6.60. The van der Waals surface area contributed by atoms with Gasteiger partial charge >= 0.3 is 0 Å². The number of carbonyl (C=O) groups is 2. The molecular formula is C18H13NO2. The van der Waals surface area contributed by atoms with Crippen molar-refractivity contribution in [2.45, 2.75) is 0 Å². The Morgan fingerprint density at radius 1 is 0.667 bits per heavy atom. The highest BCUT2D eigenvalue weighted by Crippen LogP contribution is 2.32. The van der Waals surface area contributed by atoms with Crippen molar-refractivity contribution in [2.75, 3.05) is 0 Å². The summed E-state index contributed by atoms with van der Waals surface area (Å²) in [4.78, 5) is 24.8. The lowest BCUT2D eigenvalue weighted by Gasteiger charge is -2.17. The average molecular weight is 275 g/mol. The third kappa shape index (κ3) is 2.30. The van der Waals surface area contributed by atoms with Crippen molar-refractivity contribution in [3.05, 3.63) is 83.6 Å². The van der Waals surface area contributed by atoms with E-state index in [1.54, 1.807) is 0 Å². The van der Waals surface area contributed by atoms with Gasteiger partial charge in [-0.25, -0.2) is 0 Å². The standard InChI is InChI=1S/C18H13NO2/c19-14-11-15(20)16(12-7-3-1-4-8-12)17(18(14)21)13-9-5-2-6-10-13/h1-11H,19H2. The molecule has 2 aromatic carbocycles. The predicted molar refractivity (Wildman–Crippen MR) is 82.0 cm³/mol. The van der Waals surface area contributed by atoms with E-state index in [0.29, 0.717) is 16.7 Å². The van der Waals surface area contributed by atoms with Crippen molar-refractivity contribution in [1.82, 2.24) is 0 Å². The van der Waals surface area contributed by atoms with E-state index in [9.17, 15) is 9.59 Å². The summed E-state index contributed by atoms with van der Waals surface area (Å²) in [6, 6.07) is 18.3. The van der Waals surface area contributed by atoms with Crippen LogP contribution in [-0.4, -0.2) is 11.6 Å². The molecule has 102 valence electrons. The van der Waals surface area contributed by atoms with E-state index in [4.69, 9.17) is 5.73 Å². The number of allylic oxidation sites excluding steroid dienone is 3. The van der Waals surface area contributed by atoms with Crippen LogP contribution in [0.2, 0.25) is 0 Å². The molecular weight excluding hydrogens is 262 g/mol. The molecule has 0 amide bonds. The monoisotopic (exact) mass is 275 g/mol. The molecule has 0 aromatic heterocycles. The van der Waals surface area contributed by atoms with Gasteiger partial charge < -0.3 is 5.73 Å². The Balaban J connectivity index is 2.29. The summed E-state index contributed by atoms with van der Waals surface area (Å²) in [5.74, 6) is -0.545. The smallest absolute Gasteiger partial charge is 0.210 e. The van der Waals surface area contributed by atoms with Gasteiger partial charge in [0.05, 0.1) is 5.70 Å². The summed E-state index contributed by atoms with van der Waals surface area (Å²) in [5.41, 5.74) is 7.87. The summed E-state index contributed by atoms with van der Waals surface area (Å²) in [6.07, 6.45) is 1.21. The minimum Gasteiger partial charge on any atom is -0.395 e. The lowest BCUT2D eigenvalue weighted by atomic mass is 9.84. The maximum atomic E-state index is 12.5. The van der Waals surface area contributed by atoms with Crippen LogP contribution in [0.4, 0.5) is 0 Å². The fourth-order valence-electron chi connectivity index (χ4n) is 2.43. The van der Waals surface area contributed by atoms with Crippen molar-refractivity contribution in [3.8, 4) is 0 Å². The average Bonchev–Trinajstić information content (AvgIpc) is 2.52. The molecule has 21 heavy (non-hydrogen) atoms. The van der Waals surface area contributed by atoms with E-state index in [1.807, 2.05) is 60.7 Å². The van der Waals surface area contributed by atoms with Crippen molar-refractivity contribution >= 4 is 22.7 Å². The molecule has 0 bridgehead atoms. The molecule has 0 fully saturated rings. The number of hydrogen-bond acceptors (Lipinski definition) is 3. The van der Waals surface area contributed by atoms with Gasteiger partial charge in [0.15, 0.2) is 5.78 Å². The van der Waals surface area contributed by atoms with Crippen molar-refractivity contribution in [1.29, 1.82) is 0 Å². The minimum absolute atomic E-state index is 0.0152. The molecule has 0 spiro atoms. The Bertz CT molecular complexity index is 771. The number of rotatable bonds is 2. The van der Waals surface area contributed by atoms with Gasteiger partial charge in [0.25, 0.3) is 0 Å². The first kappa shape index (κ1) is 13.1. The van der Waals surface area contributed by atoms with Crippen LogP contribution in [0.15, 0.2) is 72.4 Å². The number of ketones is 2. The van der Waals surface area contributed by atoms with Gasteiger partial charge in [-0.1, -0.05) is 60.7 Å². The van der Waals surface area contributed by atoms with E-state index in [0.717, 1.165) is 5.56 Å². The van der Waals surface area contributed by atoms with E-state index < -0.39 is 0 Å². The molecule has 0 unspecified atom stereocenters. The summed E-state index contributed by atoms with van der Waals surface area (Å²) in [6.45, 7) is 0. The molecule has 0 atom stereocenters. The molecule has 0 saturated carbocycles. The lowest BCUT2D eigenvalue weighted by molar-refractivity contribution is -0.113. The van der Waals surface area contributed by atoms with Crippen LogP contribution in [0.25, 0.3) is 11.1 Å². The van der Waals surface area contributed by atoms with Gasteiger partial charge in [-0.2, -0.15) is 0 Å². The third-order valence-electron chi connectivity index (χ3n) is 3.40.